The summed E-state index contributed by atoms with van der Waals surface area (Å²) in [5.41, 5.74) is 6.86. The summed E-state index contributed by atoms with van der Waals surface area (Å²) in [4.78, 5) is 24.1. The van der Waals surface area contributed by atoms with Crippen molar-refractivity contribution >= 4 is 22.4 Å². The third-order valence-corrected chi connectivity index (χ3v) is 7.88. The van der Waals surface area contributed by atoms with E-state index < -0.39 is 0 Å². The summed E-state index contributed by atoms with van der Waals surface area (Å²) in [6.45, 7) is 1.78. The van der Waals surface area contributed by atoms with Crippen LogP contribution in [-0.2, 0) is 6.42 Å². The topological polar surface area (TPSA) is 48.5 Å². The molecule has 1 aromatic heterocycles. The van der Waals surface area contributed by atoms with Crippen LogP contribution >= 0.6 is 0 Å². The SMILES string of the molecule is CN1CC(CN=C(CC(=O)c2ccccc2)c2ccccc2)CC2c3cccc4[nH]cc(c34)C[C@H]21. The summed E-state index contributed by atoms with van der Waals surface area (Å²) in [7, 11) is 2.27. The zero-order valence-electron chi connectivity index (χ0n) is 20.2. The normalized spacial score (nSPS) is 22.2. The fourth-order valence-corrected chi connectivity index (χ4v) is 6.18. The Morgan fingerprint density at radius 1 is 0.971 bits per heavy atom. The number of Topliss-reactive ketones (excluding diaryl/α,β-unsaturated/α-hetero) is 1. The maximum absolute atomic E-state index is 13.0. The summed E-state index contributed by atoms with van der Waals surface area (Å²) in [6.07, 6.45) is 4.77. The van der Waals surface area contributed by atoms with Gasteiger partial charge in [0.25, 0.3) is 0 Å². The number of hydrogen-bond donors (Lipinski definition) is 1. The minimum atomic E-state index is 0.118. The molecule has 2 aliphatic rings. The van der Waals surface area contributed by atoms with Crippen LogP contribution in [0.5, 0.6) is 0 Å². The zero-order valence-corrected chi connectivity index (χ0v) is 20.2. The van der Waals surface area contributed by atoms with Gasteiger partial charge < -0.3 is 9.88 Å². The molecule has 0 spiro atoms. The molecule has 4 nitrogen and oxygen atoms in total. The number of piperidine rings is 1. The van der Waals surface area contributed by atoms with Gasteiger partial charge in [-0.05, 0) is 48.6 Å². The van der Waals surface area contributed by atoms with Gasteiger partial charge in [-0.2, -0.15) is 0 Å². The predicted octanol–water partition coefficient (Wildman–Crippen LogP) is 5.89. The number of hydrogen-bond acceptors (Lipinski definition) is 3. The van der Waals surface area contributed by atoms with Gasteiger partial charge in [0.15, 0.2) is 5.78 Å². The molecule has 2 unspecified atom stereocenters. The van der Waals surface area contributed by atoms with Crippen LogP contribution in [0.4, 0.5) is 0 Å². The van der Waals surface area contributed by atoms with Crippen LogP contribution in [-0.4, -0.2) is 47.6 Å². The van der Waals surface area contributed by atoms with Crippen LogP contribution in [0, 0.1) is 5.92 Å². The van der Waals surface area contributed by atoms with Gasteiger partial charge in [-0.1, -0.05) is 72.8 Å². The predicted molar refractivity (Wildman–Crippen MR) is 143 cm³/mol. The molecule has 4 heteroatoms. The van der Waals surface area contributed by atoms with E-state index in [0.717, 1.165) is 42.8 Å². The van der Waals surface area contributed by atoms with E-state index in [1.54, 1.807) is 0 Å². The maximum atomic E-state index is 13.0. The number of fused-ring (bicyclic) bond motifs is 2. The molecular weight excluding hydrogens is 430 g/mol. The second-order valence-electron chi connectivity index (χ2n) is 10.1. The quantitative estimate of drug-likeness (QED) is 0.287. The Bertz CT molecular complexity index is 1370. The number of ketones is 1. The molecule has 4 aromatic rings. The molecule has 1 fully saturated rings. The molecule has 2 heterocycles. The first-order chi connectivity index (χ1) is 17.2. The number of likely N-dealkylation sites (tertiary alicyclic amines) is 1. The molecule has 35 heavy (non-hydrogen) atoms. The van der Waals surface area contributed by atoms with Gasteiger partial charge in [0.1, 0.15) is 0 Å². The summed E-state index contributed by atoms with van der Waals surface area (Å²) >= 11 is 0. The monoisotopic (exact) mass is 461 g/mol. The van der Waals surface area contributed by atoms with Gasteiger partial charge in [-0.15, -0.1) is 0 Å². The highest BCUT2D eigenvalue weighted by Gasteiger charge is 2.39. The van der Waals surface area contributed by atoms with E-state index in [2.05, 4.69) is 53.5 Å². The fourth-order valence-electron chi connectivity index (χ4n) is 6.18. The molecule has 0 saturated carbocycles. The summed E-state index contributed by atoms with van der Waals surface area (Å²) < 4.78 is 0. The average Bonchev–Trinajstić information content (AvgIpc) is 3.32. The van der Waals surface area contributed by atoms with E-state index >= 15 is 0 Å². The van der Waals surface area contributed by atoms with Gasteiger partial charge in [-0.3, -0.25) is 9.79 Å². The second-order valence-corrected chi connectivity index (χ2v) is 10.1. The van der Waals surface area contributed by atoms with Gasteiger partial charge >= 0.3 is 0 Å². The lowest BCUT2D eigenvalue weighted by molar-refractivity contribution is 0.1000. The highest BCUT2D eigenvalue weighted by molar-refractivity contribution is 6.15. The third kappa shape index (κ3) is 4.23. The lowest BCUT2D eigenvalue weighted by Gasteiger charge is -2.45. The Morgan fingerprint density at radius 3 is 2.49 bits per heavy atom. The maximum Gasteiger partial charge on any atom is 0.168 e. The number of nitrogens with zero attached hydrogens (tertiary/aromatic N) is 2. The summed E-state index contributed by atoms with van der Waals surface area (Å²) in [5.74, 6) is 1.10. The lowest BCUT2D eigenvalue weighted by atomic mass is 9.72. The van der Waals surface area contributed by atoms with Crippen molar-refractivity contribution in [2.75, 3.05) is 20.1 Å². The van der Waals surface area contributed by atoms with Crippen molar-refractivity contribution in [2.24, 2.45) is 10.9 Å². The van der Waals surface area contributed by atoms with Crippen LogP contribution in [0.15, 0.2) is 90.1 Å². The van der Waals surface area contributed by atoms with Crippen LogP contribution in [0.3, 0.4) is 0 Å². The minimum absolute atomic E-state index is 0.118. The first-order valence-electron chi connectivity index (χ1n) is 12.6. The summed E-state index contributed by atoms with van der Waals surface area (Å²) in [5, 5.41) is 1.43. The molecule has 6 rings (SSSR count). The van der Waals surface area contributed by atoms with Crippen LogP contribution in [0.25, 0.3) is 10.9 Å². The Labute approximate surface area is 206 Å². The number of benzene rings is 3. The smallest absolute Gasteiger partial charge is 0.168 e. The zero-order chi connectivity index (χ0) is 23.8. The average molecular weight is 462 g/mol. The molecule has 176 valence electrons. The number of aliphatic imine (C=N–C) groups is 1. The summed E-state index contributed by atoms with van der Waals surface area (Å²) in [6, 6.07) is 27.0. The number of rotatable bonds is 6. The van der Waals surface area contributed by atoms with Crippen molar-refractivity contribution in [2.45, 2.75) is 31.2 Å². The van der Waals surface area contributed by atoms with Crippen LogP contribution in [0.1, 0.15) is 45.8 Å². The van der Waals surface area contributed by atoms with Crippen molar-refractivity contribution in [3.05, 3.63) is 107 Å². The van der Waals surface area contributed by atoms with Gasteiger partial charge in [0, 0.05) is 53.4 Å². The van der Waals surface area contributed by atoms with E-state index in [1.807, 2.05) is 48.5 Å². The molecule has 0 radical (unpaired) electrons. The highest BCUT2D eigenvalue weighted by atomic mass is 16.1. The largest absolute Gasteiger partial charge is 0.361 e. The number of nitrogens with one attached hydrogen (secondary N) is 1. The van der Waals surface area contributed by atoms with Crippen molar-refractivity contribution in [3.8, 4) is 0 Å². The molecule has 1 saturated heterocycles. The Kier molecular flexibility index (Phi) is 5.83. The Balaban J connectivity index is 1.26. The molecule has 0 amide bonds. The number of aromatic amines is 1. The Hall–Kier alpha value is -3.50. The third-order valence-electron chi connectivity index (χ3n) is 7.88. The molecule has 0 bridgehead atoms. The minimum Gasteiger partial charge on any atom is -0.361 e. The van der Waals surface area contributed by atoms with Crippen LogP contribution in [0.2, 0.25) is 0 Å². The second kappa shape index (κ2) is 9.27. The van der Waals surface area contributed by atoms with Crippen molar-refractivity contribution < 1.29 is 4.79 Å². The molecule has 1 aliphatic heterocycles. The standard InChI is InChI=1S/C31H31N3O/c1-34-20-21(15-26-25-13-8-14-27-31(25)24(19-33-27)16-29(26)34)18-32-28(22-9-4-2-5-10-22)17-30(35)23-11-6-3-7-12-23/h2-14,19,21,26,29,33H,15-18,20H2,1H3/t21?,26?,29-/m1/s1. The van der Waals surface area contributed by atoms with Crippen molar-refractivity contribution in [1.29, 1.82) is 0 Å². The number of aromatic nitrogens is 1. The van der Waals surface area contributed by atoms with E-state index in [1.165, 1.54) is 22.0 Å². The first-order valence-corrected chi connectivity index (χ1v) is 12.6. The lowest BCUT2D eigenvalue weighted by Crippen LogP contribution is -2.48. The number of carbonyl (C=O) groups is 1. The Morgan fingerprint density at radius 2 is 1.71 bits per heavy atom. The van der Waals surface area contributed by atoms with E-state index in [0.29, 0.717) is 24.3 Å². The molecular formula is C31H31N3O. The number of carbonyl (C=O) groups excluding carboxylic acids is 1. The van der Waals surface area contributed by atoms with E-state index in [-0.39, 0.29) is 5.78 Å². The molecule has 1 N–H and O–H groups in total. The molecule has 1 aliphatic carbocycles. The fraction of sp³-hybridized carbons (Fsp3) is 0.290. The highest BCUT2D eigenvalue weighted by Crippen LogP contribution is 2.44. The number of H-pyrrole nitrogens is 1. The van der Waals surface area contributed by atoms with Gasteiger partial charge in [-0.25, -0.2) is 0 Å². The number of likely N-dealkylation sites (N-methyl/N-ethyl adjacent to an activating group) is 1. The van der Waals surface area contributed by atoms with Gasteiger partial charge in [0.2, 0.25) is 0 Å². The van der Waals surface area contributed by atoms with E-state index in [9.17, 15) is 4.79 Å². The molecule has 3 aromatic carbocycles. The molecule has 3 atom stereocenters. The first kappa shape index (κ1) is 22.0. The van der Waals surface area contributed by atoms with Crippen molar-refractivity contribution in [1.82, 2.24) is 9.88 Å². The van der Waals surface area contributed by atoms with Gasteiger partial charge in [0.05, 0.1) is 6.42 Å². The van der Waals surface area contributed by atoms with Crippen molar-refractivity contribution in [3.63, 3.8) is 0 Å². The van der Waals surface area contributed by atoms with E-state index in [4.69, 9.17) is 4.99 Å². The van der Waals surface area contributed by atoms with Crippen LogP contribution < -0.4 is 0 Å².